The zero-order valence-corrected chi connectivity index (χ0v) is 9.37. The molecule has 0 radical (unpaired) electrons. The van der Waals surface area contributed by atoms with Gasteiger partial charge in [0.05, 0.1) is 11.8 Å². The molecule has 5 heteroatoms. The van der Waals surface area contributed by atoms with E-state index in [0.29, 0.717) is 13.0 Å². The molecule has 0 atom stereocenters. The van der Waals surface area contributed by atoms with Crippen molar-refractivity contribution in [3.8, 4) is 6.07 Å². The second kappa shape index (κ2) is 6.48. The van der Waals surface area contributed by atoms with Gasteiger partial charge < -0.3 is 11.1 Å². The van der Waals surface area contributed by atoms with E-state index in [1.165, 1.54) is 12.1 Å². The number of halogens is 1. The number of unbranched alkanes of at least 4 members (excludes halogenated alkanes) is 2. The number of nitriles is 1. The number of carbonyl (C=O) groups excluding carboxylic acids is 1. The molecule has 0 fully saturated rings. The predicted molar refractivity (Wildman–Crippen MR) is 62.6 cm³/mol. The molecule has 1 rings (SSSR count). The third-order valence-corrected chi connectivity index (χ3v) is 2.26. The molecule has 0 aliphatic carbocycles. The lowest BCUT2D eigenvalue weighted by molar-refractivity contribution is 0.0952. The zero-order chi connectivity index (χ0) is 12.7. The summed E-state index contributed by atoms with van der Waals surface area (Å²) in [6, 6.07) is 5.97. The van der Waals surface area contributed by atoms with Crippen LogP contribution < -0.4 is 11.1 Å². The van der Waals surface area contributed by atoms with Crippen molar-refractivity contribution in [2.24, 2.45) is 0 Å². The Labute approximate surface area is 99.2 Å². The Balaban J connectivity index is 2.42. The van der Waals surface area contributed by atoms with Gasteiger partial charge in [-0.25, -0.2) is 4.39 Å². The molecule has 0 saturated heterocycles. The summed E-state index contributed by atoms with van der Waals surface area (Å²) in [5.41, 5.74) is 5.58. The molecule has 3 N–H and O–H groups in total. The minimum Gasteiger partial charge on any atom is -0.396 e. The van der Waals surface area contributed by atoms with Crippen LogP contribution in [0.4, 0.5) is 10.1 Å². The van der Waals surface area contributed by atoms with Gasteiger partial charge in [-0.2, -0.15) is 5.26 Å². The maximum Gasteiger partial charge on any atom is 0.251 e. The molecule has 17 heavy (non-hydrogen) atoms. The van der Waals surface area contributed by atoms with E-state index >= 15 is 0 Å². The van der Waals surface area contributed by atoms with Crippen LogP contribution in [0.2, 0.25) is 0 Å². The maximum atomic E-state index is 13.1. The highest BCUT2D eigenvalue weighted by atomic mass is 19.1. The van der Waals surface area contributed by atoms with Gasteiger partial charge in [0.15, 0.2) is 0 Å². The van der Waals surface area contributed by atoms with E-state index < -0.39 is 5.82 Å². The lowest BCUT2D eigenvalue weighted by Crippen LogP contribution is -2.24. The van der Waals surface area contributed by atoms with Crippen LogP contribution in [0.3, 0.4) is 0 Å². The fraction of sp³-hybridized carbons (Fsp3) is 0.333. The monoisotopic (exact) mass is 235 g/mol. The Morgan fingerprint density at radius 3 is 2.88 bits per heavy atom. The van der Waals surface area contributed by atoms with Crippen LogP contribution in [0.15, 0.2) is 18.2 Å². The van der Waals surface area contributed by atoms with E-state index in [1.807, 2.05) is 6.07 Å². The average Bonchev–Trinajstić information content (AvgIpc) is 2.32. The van der Waals surface area contributed by atoms with E-state index in [9.17, 15) is 9.18 Å². The standard InChI is InChI=1S/C12H14FN3O/c13-10-8-9(4-5-11(10)15)12(17)16-7-3-1-2-6-14/h4-5,8H,1-3,7,15H2,(H,16,17). The molecule has 0 bridgehead atoms. The number of anilines is 1. The fourth-order valence-corrected chi connectivity index (χ4v) is 1.30. The second-order valence-corrected chi connectivity index (χ2v) is 3.61. The van der Waals surface area contributed by atoms with Crippen molar-refractivity contribution in [1.82, 2.24) is 5.32 Å². The number of rotatable bonds is 5. The lowest BCUT2D eigenvalue weighted by Gasteiger charge is -2.05. The van der Waals surface area contributed by atoms with Crippen LogP contribution in [0.25, 0.3) is 0 Å². The van der Waals surface area contributed by atoms with Gasteiger partial charge in [0, 0.05) is 18.5 Å². The van der Waals surface area contributed by atoms with Gasteiger partial charge >= 0.3 is 0 Å². The molecule has 1 amide bonds. The normalized spacial score (nSPS) is 9.65. The smallest absolute Gasteiger partial charge is 0.251 e. The predicted octanol–water partition coefficient (Wildman–Crippen LogP) is 1.83. The Kier molecular flexibility index (Phi) is 4.95. The number of nitrogens with zero attached hydrogens (tertiary/aromatic N) is 1. The van der Waals surface area contributed by atoms with Crippen LogP contribution in [-0.4, -0.2) is 12.5 Å². The van der Waals surface area contributed by atoms with Gasteiger partial charge in [0.2, 0.25) is 0 Å². The number of nitrogens with one attached hydrogen (secondary N) is 1. The van der Waals surface area contributed by atoms with Gasteiger partial charge in [-0.05, 0) is 31.0 Å². The molecule has 0 saturated carbocycles. The van der Waals surface area contributed by atoms with Crippen LogP contribution in [-0.2, 0) is 0 Å². The first kappa shape index (κ1) is 13.0. The number of hydrogen-bond donors (Lipinski definition) is 2. The Morgan fingerprint density at radius 1 is 1.47 bits per heavy atom. The first-order chi connectivity index (χ1) is 8.15. The number of carbonyl (C=O) groups is 1. The first-order valence-electron chi connectivity index (χ1n) is 5.35. The number of amides is 1. The summed E-state index contributed by atoms with van der Waals surface area (Å²) in [5, 5.41) is 11.0. The SMILES string of the molecule is N#CCCCCNC(=O)c1ccc(N)c(F)c1. The summed E-state index contributed by atoms with van der Waals surface area (Å²) in [5.74, 6) is -0.928. The van der Waals surface area contributed by atoms with Crippen molar-refractivity contribution in [3.05, 3.63) is 29.6 Å². The molecule has 1 aromatic rings. The van der Waals surface area contributed by atoms with Crippen molar-refractivity contribution in [3.63, 3.8) is 0 Å². The summed E-state index contributed by atoms with van der Waals surface area (Å²) in [6.45, 7) is 0.479. The number of nitrogen functional groups attached to an aromatic ring is 1. The molecule has 4 nitrogen and oxygen atoms in total. The highest BCUT2D eigenvalue weighted by Gasteiger charge is 2.07. The third-order valence-electron chi connectivity index (χ3n) is 2.26. The number of hydrogen-bond acceptors (Lipinski definition) is 3. The highest BCUT2D eigenvalue weighted by Crippen LogP contribution is 2.11. The van der Waals surface area contributed by atoms with Crippen molar-refractivity contribution >= 4 is 11.6 Å². The van der Waals surface area contributed by atoms with Crippen LogP contribution in [0, 0.1) is 17.1 Å². The van der Waals surface area contributed by atoms with Gasteiger partial charge in [-0.1, -0.05) is 0 Å². The van der Waals surface area contributed by atoms with Gasteiger partial charge in [0.1, 0.15) is 5.82 Å². The number of nitrogens with two attached hydrogens (primary N) is 1. The summed E-state index contributed by atoms with van der Waals surface area (Å²) in [4.78, 5) is 11.6. The molecule has 0 heterocycles. The zero-order valence-electron chi connectivity index (χ0n) is 9.37. The van der Waals surface area contributed by atoms with E-state index in [2.05, 4.69) is 5.32 Å². The van der Waals surface area contributed by atoms with E-state index in [0.717, 1.165) is 18.9 Å². The molecular weight excluding hydrogens is 221 g/mol. The third kappa shape index (κ3) is 4.11. The molecule has 0 unspecified atom stereocenters. The molecule has 90 valence electrons. The minimum absolute atomic E-state index is 0.0237. The van der Waals surface area contributed by atoms with Crippen molar-refractivity contribution in [1.29, 1.82) is 5.26 Å². The summed E-state index contributed by atoms with van der Waals surface area (Å²) in [7, 11) is 0. The van der Waals surface area contributed by atoms with E-state index in [1.54, 1.807) is 0 Å². The summed E-state index contributed by atoms with van der Waals surface area (Å²) >= 11 is 0. The summed E-state index contributed by atoms with van der Waals surface area (Å²) < 4.78 is 13.1. The quantitative estimate of drug-likeness (QED) is 0.603. The van der Waals surface area contributed by atoms with Crippen LogP contribution in [0.5, 0.6) is 0 Å². The van der Waals surface area contributed by atoms with Gasteiger partial charge in [-0.3, -0.25) is 4.79 Å². The highest BCUT2D eigenvalue weighted by molar-refractivity contribution is 5.94. The number of benzene rings is 1. The second-order valence-electron chi connectivity index (χ2n) is 3.61. The molecule has 0 aromatic heterocycles. The molecule has 0 aliphatic heterocycles. The summed E-state index contributed by atoms with van der Waals surface area (Å²) in [6.07, 6.45) is 1.95. The molecule has 0 spiro atoms. The van der Waals surface area contributed by atoms with Crippen molar-refractivity contribution < 1.29 is 9.18 Å². The minimum atomic E-state index is -0.595. The first-order valence-corrected chi connectivity index (χ1v) is 5.35. The maximum absolute atomic E-state index is 13.1. The van der Waals surface area contributed by atoms with Crippen LogP contribution >= 0.6 is 0 Å². The molecular formula is C12H14FN3O. The largest absolute Gasteiger partial charge is 0.396 e. The Bertz CT molecular complexity index is 440. The topological polar surface area (TPSA) is 78.9 Å². The van der Waals surface area contributed by atoms with E-state index in [-0.39, 0.29) is 17.2 Å². The lowest BCUT2D eigenvalue weighted by atomic mass is 10.2. The van der Waals surface area contributed by atoms with Gasteiger partial charge in [-0.15, -0.1) is 0 Å². The Morgan fingerprint density at radius 2 is 2.24 bits per heavy atom. The Hall–Kier alpha value is -2.09. The van der Waals surface area contributed by atoms with Crippen molar-refractivity contribution in [2.75, 3.05) is 12.3 Å². The molecule has 0 aliphatic rings. The molecule has 1 aromatic carbocycles. The fourth-order valence-electron chi connectivity index (χ4n) is 1.30. The van der Waals surface area contributed by atoms with Crippen molar-refractivity contribution in [2.45, 2.75) is 19.3 Å². The van der Waals surface area contributed by atoms with Crippen LogP contribution in [0.1, 0.15) is 29.6 Å². The van der Waals surface area contributed by atoms with Gasteiger partial charge in [0.25, 0.3) is 5.91 Å². The van der Waals surface area contributed by atoms with E-state index in [4.69, 9.17) is 11.0 Å². The average molecular weight is 235 g/mol.